The fourth-order valence-corrected chi connectivity index (χ4v) is 3.80. The van der Waals surface area contributed by atoms with Crippen LogP contribution >= 0.6 is 0 Å². The molecule has 0 spiro atoms. The van der Waals surface area contributed by atoms with Crippen LogP contribution in [0.1, 0.15) is 37.4 Å². The molecule has 33 heavy (non-hydrogen) atoms. The molecule has 1 saturated heterocycles. The lowest BCUT2D eigenvalue weighted by Gasteiger charge is -2.26. The van der Waals surface area contributed by atoms with E-state index in [1.807, 2.05) is 19.0 Å². The van der Waals surface area contributed by atoms with Crippen LogP contribution in [0.25, 0.3) is 5.76 Å². The SMILES string of the molecule is CC(C)COc1ccc(C(O)=C2C(=O)C(=O)N(CCCN(C)C)C2c2ccc(O)cc2)cc1. The van der Waals surface area contributed by atoms with Crippen LogP contribution in [0.4, 0.5) is 0 Å². The molecule has 2 aromatic rings. The zero-order valence-corrected chi connectivity index (χ0v) is 19.6. The van der Waals surface area contributed by atoms with Crippen molar-refractivity contribution < 1.29 is 24.5 Å². The lowest BCUT2D eigenvalue weighted by atomic mass is 9.95. The first kappa shape index (κ1) is 24.3. The molecule has 0 saturated carbocycles. The summed E-state index contributed by atoms with van der Waals surface area (Å²) in [5.74, 6) is -0.440. The van der Waals surface area contributed by atoms with Gasteiger partial charge in [-0.2, -0.15) is 0 Å². The van der Waals surface area contributed by atoms with E-state index in [-0.39, 0.29) is 17.1 Å². The first-order chi connectivity index (χ1) is 15.7. The third kappa shape index (κ3) is 5.73. The van der Waals surface area contributed by atoms with Crippen molar-refractivity contribution in [2.45, 2.75) is 26.3 Å². The molecule has 1 atom stereocenters. The summed E-state index contributed by atoms with van der Waals surface area (Å²) < 4.78 is 5.69. The second kappa shape index (κ2) is 10.5. The van der Waals surface area contributed by atoms with E-state index in [4.69, 9.17) is 4.74 Å². The lowest BCUT2D eigenvalue weighted by molar-refractivity contribution is -0.139. The number of aromatic hydroxyl groups is 1. The summed E-state index contributed by atoms with van der Waals surface area (Å²) in [4.78, 5) is 29.5. The Morgan fingerprint density at radius 2 is 1.70 bits per heavy atom. The Labute approximate surface area is 194 Å². The molecular formula is C26H32N2O5. The highest BCUT2D eigenvalue weighted by Crippen LogP contribution is 2.40. The van der Waals surface area contributed by atoms with Crippen LogP contribution in [0, 0.1) is 5.92 Å². The van der Waals surface area contributed by atoms with Gasteiger partial charge in [0.05, 0.1) is 18.2 Å². The Hall–Kier alpha value is -3.32. The molecule has 1 amide bonds. The summed E-state index contributed by atoms with van der Waals surface area (Å²) in [6, 6.07) is 12.5. The van der Waals surface area contributed by atoms with E-state index in [0.717, 1.165) is 6.54 Å². The van der Waals surface area contributed by atoms with Crippen molar-refractivity contribution in [2.24, 2.45) is 5.92 Å². The number of amides is 1. The van der Waals surface area contributed by atoms with Gasteiger partial charge in [-0.15, -0.1) is 0 Å². The molecule has 3 rings (SSSR count). The molecule has 2 N–H and O–H groups in total. The Balaban J connectivity index is 1.99. The number of phenols is 1. The minimum Gasteiger partial charge on any atom is -0.508 e. The Morgan fingerprint density at radius 1 is 1.06 bits per heavy atom. The molecule has 7 nitrogen and oxygen atoms in total. The highest BCUT2D eigenvalue weighted by Gasteiger charge is 2.45. The molecule has 1 fully saturated rings. The zero-order valence-electron chi connectivity index (χ0n) is 19.6. The van der Waals surface area contributed by atoms with E-state index >= 15 is 0 Å². The first-order valence-corrected chi connectivity index (χ1v) is 11.1. The van der Waals surface area contributed by atoms with E-state index in [0.29, 0.717) is 42.4 Å². The predicted molar refractivity (Wildman–Crippen MR) is 127 cm³/mol. The van der Waals surface area contributed by atoms with Gasteiger partial charge in [0.1, 0.15) is 17.3 Å². The van der Waals surface area contributed by atoms with E-state index < -0.39 is 17.7 Å². The van der Waals surface area contributed by atoms with Crippen LogP contribution < -0.4 is 4.74 Å². The van der Waals surface area contributed by atoms with Gasteiger partial charge < -0.3 is 24.7 Å². The van der Waals surface area contributed by atoms with Crippen molar-refractivity contribution in [3.8, 4) is 11.5 Å². The van der Waals surface area contributed by atoms with Crippen LogP contribution in [-0.4, -0.2) is 65.5 Å². The number of likely N-dealkylation sites (tertiary alicyclic amines) is 1. The minimum absolute atomic E-state index is 0.0476. The van der Waals surface area contributed by atoms with Crippen LogP contribution in [0.2, 0.25) is 0 Å². The molecule has 0 bridgehead atoms. The minimum atomic E-state index is -0.732. The Bertz CT molecular complexity index is 1010. The number of phenolic OH excluding ortho intramolecular Hbond substituents is 1. The number of hydrogen-bond acceptors (Lipinski definition) is 6. The average Bonchev–Trinajstić information content (AvgIpc) is 3.03. The van der Waals surface area contributed by atoms with Crippen molar-refractivity contribution in [1.82, 2.24) is 9.80 Å². The maximum absolute atomic E-state index is 13.0. The van der Waals surface area contributed by atoms with Crippen molar-refractivity contribution in [3.05, 3.63) is 65.2 Å². The largest absolute Gasteiger partial charge is 0.508 e. The zero-order chi connectivity index (χ0) is 24.1. The van der Waals surface area contributed by atoms with Gasteiger partial charge in [-0.05, 0) is 74.9 Å². The Morgan fingerprint density at radius 3 is 2.27 bits per heavy atom. The number of ether oxygens (including phenoxy) is 1. The van der Waals surface area contributed by atoms with Crippen LogP contribution in [0.5, 0.6) is 11.5 Å². The lowest BCUT2D eigenvalue weighted by Crippen LogP contribution is -2.32. The first-order valence-electron chi connectivity index (χ1n) is 11.1. The number of aliphatic hydroxyl groups is 1. The number of carbonyl (C=O) groups excluding carboxylic acids is 2. The third-order valence-corrected chi connectivity index (χ3v) is 5.46. The standard InChI is InChI=1S/C26H32N2O5/c1-17(2)16-33-21-12-8-19(9-13-21)24(30)22-23(18-6-10-20(29)11-7-18)28(26(32)25(22)31)15-5-14-27(3)4/h6-13,17,23,29-30H,5,14-16H2,1-4H3. The van der Waals surface area contributed by atoms with E-state index in [2.05, 4.69) is 13.8 Å². The highest BCUT2D eigenvalue weighted by molar-refractivity contribution is 6.46. The summed E-state index contributed by atoms with van der Waals surface area (Å²) in [5, 5.41) is 20.8. The van der Waals surface area contributed by atoms with Gasteiger partial charge in [-0.1, -0.05) is 26.0 Å². The summed E-state index contributed by atoms with van der Waals surface area (Å²) >= 11 is 0. The number of rotatable bonds is 9. The maximum Gasteiger partial charge on any atom is 0.295 e. The number of benzene rings is 2. The van der Waals surface area contributed by atoms with Crippen molar-refractivity contribution in [3.63, 3.8) is 0 Å². The molecule has 0 aromatic heterocycles. The van der Waals surface area contributed by atoms with E-state index in [1.54, 1.807) is 36.4 Å². The maximum atomic E-state index is 13.0. The predicted octanol–water partition coefficient (Wildman–Crippen LogP) is 3.80. The molecule has 0 aliphatic carbocycles. The molecule has 1 aliphatic heterocycles. The molecule has 7 heteroatoms. The van der Waals surface area contributed by atoms with Gasteiger partial charge >= 0.3 is 0 Å². The van der Waals surface area contributed by atoms with Crippen LogP contribution in [0.15, 0.2) is 54.1 Å². The van der Waals surface area contributed by atoms with Crippen LogP contribution in [-0.2, 0) is 9.59 Å². The van der Waals surface area contributed by atoms with E-state index in [1.165, 1.54) is 17.0 Å². The summed E-state index contributed by atoms with van der Waals surface area (Å²) in [5.41, 5.74) is 1.13. The quantitative estimate of drug-likeness (QED) is 0.342. The summed E-state index contributed by atoms with van der Waals surface area (Å²) in [6.07, 6.45) is 0.677. The number of hydrogen-bond donors (Lipinski definition) is 2. The summed E-state index contributed by atoms with van der Waals surface area (Å²) in [7, 11) is 3.89. The number of ketones is 1. The van der Waals surface area contributed by atoms with Crippen LogP contribution in [0.3, 0.4) is 0 Å². The van der Waals surface area contributed by atoms with Gasteiger partial charge in [-0.25, -0.2) is 0 Å². The van der Waals surface area contributed by atoms with Crippen molar-refractivity contribution in [2.75, 3.05) is 33.8 Å². The topological polar surface area (TPSA) is 90.3 Å². The van der Waals surface area contributed by atoms with Gasteiger partial charge in [0, 0.05) is 12.1 Å². The fraction of sp³-hybridized carbons (Fsp3) is 0.385. The monoisotopic (exact) mass is 452 g/mol. The molecular weight excluding hydrogens is 420 g/mol. The van der Waals surface area contributed by atoms with Gasteiger partial charge in [0.2, 0.25) is 0 Å². The normalized spacial score (nSPS) is 17.9. The number of nitrogens with zero attached hydrogens (tertiary/aromatic N) is 2. The molecule has 1 heterocycles. The molecule has 0 radical (unpaired) electrons. The van der Waals surface area contributed by atoms with E-state index in [9.17, 15) is 19.8 Å². The van der Waals surface area contributed by atoms with Gasteiger partial charge in [0.15, 0.2) is 0 Å². The van der Waals surface area contributed by atoms with Gasteiger partial charge in [-0.3, -0.25) is 9.59 Å². The highest BCUT2D eigenvalue weighted by atomic mass is 16.5. The van der Waals surface area contributed by atoms with Gasteiger partial charge in [0.25, 0.3) is 11.7 Å². The second-order valence-corrected chi connectivity index (χ2v) is 8.97. The third-order valence-electron chi connectivity index (χ3n) is 5.46. The van der Waals surface area contributed by atoms with Crippen molar-refractivity contribution in [1.29, 1.82) is 0 Å². The second-order valence-electron chi connectivity index (χ2n) is 8.97. The Kier molecular flexibility index (Phi) is 7.76. The molecule has 1 unspecified atom stereocenters. The number of aliphatic hydroxyl groups excluding tert-OH is 1. The average molecular weight is 453 g/mol. The molecule has 2 aromatic carbocycles. The number of carbonyl (C=O) groups is 2. The smallest absolute Gasteiger partial charge is 0.295 e. The molecule has 1 aliphatic rings. The summed E-state index contributed by atoms with van der Waals surface area (Å²) in [6.45, 7) is 5.81. The fourth-order valence-electron chi connectivity index (χ4n) is 3.80. The van der Waals surface area contributed by atoms with Crippen molar-refractivity contribution >= 4 is 17.4 Å². The number of Topliss-reactive ketones (excluding diaryl/α,β-unsaturated/α-hetero) is 1. The molecule has 176 valence electrons.